The highest BCUT2D eigenvalue weighted by Gasteiger charge is 2.35. The van der Waals surface area contributed by atoms with E-state index in [-0.39, 0.29) is 11.8 Å². The number of carbonyl (C=O) groups excluding carboxylic acids is 1. The minimum atomic E-state index is -0.501. The Labute approximate surface area is 184 Å². The second-order valence-corrected chi connectivity index (χ2v) is 9.47. The monoisotopic (exact) mass is 439 g/mol. The van der Waals surface area contributed by atoms with E-state index in [1.165, 1.54) is 15.6 Å². The fourth-order valence-corrected chi connectivity index (χ4v) is 5.84. The summed E-state index contributed by atoms with van der Waals surface area (Å²) >= 11 is 8.02. The van der Waals surface area contributed by atoms with Gasteiger partial charge in [-0.3, -0.25) is 4.79 Å². The first kappa shape index (κ1) is 19.5. The summed E-state index contributed by atoms with van der Waals surface area (Å²) in [7, 11) is 0. The molecule has 1 N–H and O–H groups in total. The van der Waals surface area contributed by atoms with Crippen molar-refractivity contribution >= 4 is 50.4 Å². The Hall–Kier alpha value is -2.44. The molecule has 0 saturated carbocycles. The number of aryl methyl sites for hydroxylation is 1. The molecule has 0 fully saturated rings. The van der Waals surface area contributed by atoms with Gasteiger partial charge in [0.25, 0.3) is 5.91 Å². The zero-order chi connectivity index (χ0) is 21.0. The maximum absolute atomic E-state index is 12.1. The van der Waals surface area contributed by atoms with Crippen molar-refractivity contribution in [3.8, 4) is 0 Å². The highest BCUT2D eigenvalue weighted by Crippen LogP contribution is 2.41. The number of hydrogen-bond acceptors (Lipinski definition) is 5. The van der Waals surface area contributed by atoms with Crippen LogP contribution in [0.15, 0.2) is 51.5 Å². The zero-order valence-electron chi connectivity index (χ0n) is 17.1. The van der Waals surface area contributed by atoms with E-state index in [2.05, 4.69) is 29.5 Å². The summed E-state index contributed by atoms with van der Waals surface area (Å²) in [5.41, 5.74) is 5.13. The number of rotatable bonds is 2. The molecule has 2 aromatic rings. The molecule has 1 aromatic heterocycles. The second kappa shape index (κ2) is 7.36. The van der Waals surface area contributed by atoms with Gasteiger partial charge in [-0.05, 0) is 79.8 Å². The lowest BCUT2D eigenvalue weighted by Gasteiger charge is -2.32. The van der Waals surface area contributed by atoms with Gasteiger partial charge in [-0.25, -0.2) is 0 Å². The summed E-state index contributed by atoms with van der Waals surface area (Å²) in [5.74, 6) is 0.848. The van der Waals surface area contributed by atoms with Crippen molar-refractivity contribution < 1.29 is 9.53 Å². The minimum absolute atomic E-state index is 0.0897. The maximum atomic E-state index is 12.1. The van der Waals surface area contributed by atoms with Crippen LogP contribution in [0.3, 0.4) is 0 Å². The van der Waals surface area contributed by atoms with Crippen LogP contribution >= 0.6 is 22.9 Å². The molecule has 1 amide bonds. The predicted molar refractivity (Wildman–Crippen MR) is 122 cm³/mol. The van der Waals surface area contributed by atoms with E-state index in [4.69, 9.17) is 21.4 Å². The smallest absolute Gasteiger partial charge is 0.265 e. The molecule has 0 saturated heterocycles. The quantitative estimate of drug-likeness (QED) is 0.682. The third kappa shape index (κ3) is 3.19. The van der Waals surface area contributed by atoms with Crippen LogP contribution in [0.1, 0.15) is 44.1 Å². The summed E-state index contributed by atoms with van der Waals surface area (Å²) < 4.78 is 7.12. The first-order valence-corrected chi connectivity index (χ1v) is 11.4. The van der Waals surface area contributed by atoms with E-state index in [9.17, 15) is 4.79 Å². The molecule has 0 spiro atoms. The van der Waals surface area contributed by atoms with E-state index < -0.39 is 6.10 Å². The predicted octanol–water partition coefficient (Wildman–Crippen LogP) is 5.38. The average molecular weight is 440 g/mol. The molecule has 5 rings (SSSR count). The van der Waals surface area contributed by atoms with Crippen molar-refractivity contribution in [1.82, 2.24) is 5.32 Å². The number of nitrogens with one attached hydrogen (secondary N) is 1. The van der Waals surface area contributed by atoms with Crippen molar-refractivity contribution in [2.45, 2.75) is 46.1 Å². The number of hydrogen-bond donors (Lipinski definition) is 1. The van der Waals surface area contributed by atoms with Gasteiger partial charge < -0.3 is 10.1 Å². The molecular weight excluding hydrogens is 418 g/mol. The minimum Gasteiger partial charge on any atom is -0.479 e. The van der Waals surface area contributed by atoms with Crippen LogP contribution in [-0.2, 0) is 16.0 Å². The van der Waals surface area contributed by atoms with Gasteiger partial charge in [0, 0.05) is 15.4 Å². The van der Waals surface area contributed by atoms with Gasteiger partial charge in [0.05, 0.1) is 10.6 Å². The van der Waals surface area contributed by atoms with Gasteiger partial charge in [-0.1, -0.05) is 18.5 Å². The third-order valence-electron chi connectivity index (χ3n) is 5.88. The van der Waals surface area contributed by atoms with Crippen LogP contribution in [-0.4, -0.2) is 23.4 Å². The van der Waals surface area contributed by atoms with Gasteiger partial charge in [0.2, 0.25) is 0 Å². The molecule has 1 aromatic carbocycles. The molecule has 5 nitrogen and oxygen atoms in total. The Bertz CT molecular complexity index is 1200. The summed E-state index contributed by atoms with van der Waals surface area (Å²) in [6.45, 7) is 5.94. The lowest BCUT2D eigenvalue weighted by Crippen LogP contribution is -2.41. The fourth-order valence-electron chi connectivity index (χ4n) is 4.39. The Kier molecular flexibility index (Phi) is 4.79. The SMILES string of the molecule is CCc1c(C2=NN=C(C)CC3CC4=C(C=C23)OC(C)C(=O)N4)sc2ccc(Cl)cc12. The maximum Gasteiger partial charge on any atom is 0.265 e. The molecule has 0 radical (unpaired) electrons. The van der Waals surface area contributed by atoms with E-state index in [0.29, 0.717) is 6.42 Å². The van der Waals surface area contributed by atoms with Gasteiger partial charge in [0.1, 0.15) is 11.5 Å². The Morgan fingerprint density at radius 2 is 2.13 bits per heavy atom. The van der Waals surface area contributed by atoms with Gasteiger partial charge in [-0.2, -0.15) is 5.10 Å². The summed E-state index contributed by atoms with van der Waals surface area (Å²) in [5, 5.41) is 14.2. The van der Waals surface area contributed by atoms with Crippen LogP contribution < -0.4 is 5.32 Å². The standard InChI is InChI=1S/C23H22ClN3O2S/c1-4-15-17-9-14(24)5-6-20(17)30-22(15)21-16-10-19-18(25-23(28)12(3)29-19)8-13(16)7-11(2)26-27-21/h5-6,9-10,12-13H,4,7-8H2,1-3H3,(H,25,28). The van der Waals surface area contributed by atoms with Crippen molar-refractivity contribution in [3.05, 3.63) is 56.8 Å². The molecular formula is C23H22ClN3O2S. The molecule has 154 valence electrons. The number of benzene rings is 1. The Morgan fingerprint density at radius 3 is 2.93 bits per heavy atom. The third-order valence-corrected chi connectivity index (χ3v) is 7.33. The van der Waals surface area contributed by atoms with E-state index >= 15 is 0 Å². The molecule has 30 heavy (non-hydrogen) atoms. The number of thiophene rings is 1. The van der Waals surface area contributed by atoms with Crippen LogP contribution in [0, 0.1) is 5.92 Å². The van der Waals surface area contributed by atoms with Gasteiger partial charge >= 0.3 is 0 Å². The zero-order valence-corrected chi connectivity index (χ0v) is 18.7. The number of carbonyl (C=O) groups is 1. The number of allylic oxidation sites excluding steroid dienone is 3. The van der Waals surface area contributed by atoms with Crippen molar-refractivity contribution in [2.75, 3.05) is 0 Å². The largest absolute Gasteiger partial charge is 0.479 e. The molecule has 2 unspecified atom stereocenters. The number of fused-ring (bicyclic) bond motifs is 2. The number of ether oxygens (including phenoxy) is 1. The molecule has 2 atom stereocenters. The van der Waals surface area contributed by atoms with Gasteiger partial charge in [-0.15, -0.1) is 16.4 Å². The van der Waals surface area contributed by atoms with Crippen molar-refractivity contribution in [3.63, 3.8) is 0 Å². The molecule has 3 aliphatic rings. The van der Waals surface area contributed by atoms with Crippen LogP contribution in [0.5, 0.6) is 0 Å². The molecule has 3 heterocycles. The normalized spacial score (nSPS) is 23.6. The Balaban J connectivity index is 1.68. The first-order valence-electron chi connectivity index (χ1n) is 10.2. The van der Waals surface area contributed by atoms with E-state index in [1.807, 2.05) is 19.1 Å². The highest BCUT2D eigenvalue weighted by atomic mass is 35.5. The number of nitrogens with zero attached hydrogens (tertiary/aromatic N) is 2. The lowest BCUT2D eigenvalue weighted by molar-refractivity contribution is -0.130. The molecule has 1 aliphatic carbocycles. The molecule has 2 aliphatic heterocycles. The lowest BCUT2D eigenvalue weighted by atomic mass is 9.81. The molecule has 7 heteroatoms. The van der Waals surface area contributed by atoms with Crippen LogP contribution in [0.25, 0.3) is 10.1 Å². The summed E-state index contributed by atoms with van der Waals surface area (Å²) in [6, 6.07) is 6.04. The number of amides is 1. The Morgan fingerprint density at radius 1 is 1.30 bits per heavy atom. The summed E-state index contributed by atoms with van der Waals surface area (Å²) in [4.78, 5) is 13.2. The average Bonchev–Trinajstić information content (AvgIpc) is 2.98. The summed E-state index contributed by atoms with van der Waals surface area (Å²) in [6.07, 6.45) is 3.96. The van der Waals surface area contributed by atoms with Crippen molar-refractivity contribution in [2.24, 2.45) is 16.1 Å². The second-order valence-electron chi connectivity index (χ2n) is 7.98. The topological polar surface area (TPSA) is 63.1 Å². The van der Waals surface area contributed by atoms with E-state index in [0.717, 1.165) is 51.2 Å². The van der Waals surface area contributed by atoms with Crippen LogP contribution in [0.2, 0.25) is 5.02 Å². The highest BCUT2D eigenvalue weighted by molar-refractivity contribution is 7.21. The van der Waals surface area contributed by atoms with Crippen LogP contribution in [0.4, 0.5) is 0 Å². The first-order chi connectivity index (χ1) is 14.4. The van der Waals surface area contributed by atoms with E-state index in [1.54, 1.807) is 18.3 Å². The fraction of sp³-hybridized carbons (Fsp3) is 0.348. The number of halogens is 1. The molecule has 0 bridgehead atoms. The van der Waals surface area contributed by atoms with Gasteiger partial charge in [0.15, 0.2) is 6.10 Å². The van der Waals surface area contributed by atoms with Crippen molar-refractivity contribution in [1.29, 1.82) is 0 Å².